The fourth-order valence-electron chi connectivity index (χ4n) is 1.01. The van der Waals surface area contributed by atoms with Crippen LogP contribution in [0, 0.1) is 0 Å². The average molecular weight is 215 g/mol. The second-order valence-corrected chi connectivity index (χ2v) is 4.67. The fraction of sp³-hybridized carbons (Fsp3) is 0.750. The number of rotatable bonds is 5. The summed E-state index contributed by atoms with van der Waals surface area (Å²) < 4.78 is 0. The molecule has 5 nitrogen and oxygen atoms in total. The molecule has 0 bridgehead atoms. The Morgan fingerprint density at radius 1 is 1.21 bits per heavy atom. The van der Waals surface area contributed by atoms with Crippen molar-refractivity contribution in [3.8, 4) is 0 Å². The smallest absolute Gasteiger partial charge is 0.203 e. The number of hydrogen-bond acceptors (Lipinski definition) is 6. The molecule has 0 amide bonds. The third-order valence-electron chi connectivity index (χ3n) is 1.82. The maximum absolute atomic E-state index is 5.49. The Kier molecular flexibility index (Phi) is 4.24. The molecule has 0 aliphatic rings. The van der Waals surface area contributed by atoms with Crippen molar-refractivity contribution in [2.75, 3.05) is 40.0 Å². The molecule has 80 valence electrons. The summed E-state index contributed by atoms with van der Waals surface area (Å²) in [5, 5.41) is 9.26. The highest BCUT2D eigenvalue weighted by atomic mass is 32.1. The Hall–Kier alpha value is -0.720. The zero-order valence-electron chi connectivity index (χ0n) is 8.90. The normalized spacial score (nSPS) is 11.5. The van der Waals surface area contributed by atoms with Gasteiger partial charge in [-0.3, -0.25) is 4.90 Å². The SMILES string of the molecule is CN(C)CCN(C)Cc1nnc(N)s1. The van der Waals surface area contributed by atoms with Gasteiger partial charge in [0.1, 0.15) is 5.01 Å². The van der Waals surface area contributed by atoms with E-state index in [-0.39, 0.29) is 0 Å². The van der Waals surface area contributed by atoms with Crippen LogP contribution in [0.25, 0.3) is 0 Å². The molecule has 0 aromatic carbocycles. The molecule has 0 fully saturated rings. The predicted octanol–water partition coefficient (Wildman–Crippen LogP) is 0.114. The van der Waals surface area contributed by atoms with Gasteiger partial charge in [-0.05, 0) is 21.1 Å². The number of anilines is 1. The monoisotopic (exact) mass is 215 g/mol. The van der Waals surface area contributed by atoms with Crippen molar-refractivity contribution in [1.82, 2.24) is 20.0 Å². The van der Waals surface area contributed by atoms with Gasteiger partial charge >= 0.3 is 0 Å². The Bertz CT molecular complexity index is 272. The molecule has 0 aliphatic carbocycles. The van der Waals surface area contributed by atoms with Crippen LogP contribution in [0.1, 0.15) is 5.01 Å². The number of nitrogen functional groups attached to an aromatic ring is 1. The van der Waals surface area contributed by atoms with Gasteiger partial charge in [-0.1, -0.05) is 11.3 Å². The van der Waals surface area contributed by atoms with E-state index in [0.717, 1.165) is 24.6 Å². The Morgan fingerprint density at radius 2 is 1.93 bits per heavy atom. The van der Waals surface area contributed by atoms with Crippen LogP contribution in [0.3, 0.4) is 0 Å². The van der Waals surface area contributed by atoms with E-state index in [2.05, 4.69) is 41.1 Å². The van der Waals surface area contributed by atoms with E-state index in [9.17, 15) is 0 Å². The highest BCUT2D eigenvalue weighted by Gasteiger charge is 2.05. The molecule has 1 aromatic rings. The number of nitrogens with two attached hydrogens (primary N) is 1. The first-order valence-electron chi connectivity index (χ1n) is 4.49. The van der Waals surface area contributed by atoms with Crippen LogP contribution in [0.15, 0.2) is 0 Å². The van der Waals surface area contributed by atoms with Crippen molar-refractivity contribution in [3.63, 3.8) is 0 Å². The summed E-state index contributed by atoms with van der Waals surface area (Å²) in [6.45, 7) is 2.89. The lowest BCUT2D eigenvalue weighted by Crippen LogP contribution is -2.28. The largest absolute Gasteiger partial charge is 0.374 e. The number of hydrogen-bond donors (Lipinski definition) is 1. The Balaban J connectivity index is 2.30. The summed E-state index contributed by atoms with van der Waals surface area (Å²) in [5.41, 5.74) is 5.49. The molecule has 2 N–H and O–H groups in total. The van der Waals surface area contributed by atoms with Crippen LogP contribution in [0.2, 0.25) is 0 Å². The van der Waals surface area contributed by atoms with Gasteiger partial charge in [-0.2, -0.15) is 0 Å². The molecule has 0 spiro atoms. The topological polar surface area (TPSA) is 58.3 Å². The highest BCUT2D eigenvalue weighted by Crippen LogP contribution is 2.12. The molecule has 6 heteroatoms. The molecule has 0 radical (unpaired) electrons. The second-order valence-electron chi connectivity index (χ2n) is 3.58. The van der Waals surface area contributed by atoms with E-state index in [1.165, 1.54) is 11.3 Å². The average Bonchev–Trinajstić information content (AvgIpc) is 2.48. The predicted molar refractivity (Wildman–Crippen MR) is 59.2 cm³/mol. The van der Waals surface area contributed by atoms with Gasteiger partial charge in [0.25, 0.3) is 0 Å². The minimum Gasteiger partial charge on any atom is -0.374 e. The van der Waals surface area contributed by atoms with E-state index in [1.54, 1.807) is 0 Å². The summed E-state index contributed by atoms with van der Waals surface area (Å²) in [6.07, 6.45) is 0. The lowest BCUT2D eigenvalue weighted by Gasteiger charge is -2.17. The van der Waals surface area contributed by atoms with Crippen LogP contribution in [-0.2, 0) is 6.54 Å². The molecular weight excluding hydrogens is 198 g/mol. The van der Waals surface area contributed by atoms with Gasteiger partial charge in [0.05, 0.1) is 6.54 Å². The van der Waals surface area contributed by atoms with Gasteiger partial charge in [0.15, 0.2) is 0 Å². The molecule has 14 heavy (non-hydrogen) atoms. The lowest BCUT2D eigenvalue weighted by molar-refractivity contribution is 0.275. The second kappa shape index (κ2) is 5.23. The van der Waals surface area contributed by atoms with Crippen LogP contribution in [-0.4, -0.2) is 54.2 Å². The molecule has 1 aromatic heterocycles. The molecule has 0 atom stereocenters. The summed E-state index contributed by atoms with van der Waals surface area (Å²) >= 11 is 1.45. The van der Waals surface area contributed by atoms with E-state index in [4.69, 9.17) is 5.73 Å². The summed E-state index contributed by atoms with van der Waals surface area (Å²) in [4.78, 5) is 4.37. The summed E-state index contributed by atoms with van der Waals surface area (Å²) in [7, 11) is 6.20. The first-order chi connectivity index (χ1) is 6.58. The number of nitrogens with zero attached hydrogens (tertiary/aromatic N) is 4. The number of aromatic nitrogens is 2. The first kappa shape index (κ1) is 11.4. The van der Waals surface area contributed by atoms with Gasteiger partial charge < -0.3 is 10.6 Å². The van der Waals surface area contributed by atoms with Crippen LogP contribution in [0.4, 0.5) is 5.13 Å². The molecule has 0 aliphatic heterocycles. The van der Waals surface area contributed by atoms with Crippen molar-refractivity contribution in [2.45, 2.75) is 6.54 Å². The Morgan fingerprint density at radius 3 is 2.43 bits per heavy atom. The summed E-state index contributed by atoms with van der Waals surface area (Å²) in [6, 6.07) is 0. The lowest BCUT2D eigenvalue weighted by atomic mass is 10.5. The van der Waals surface area contributed by atoms with E-state index in [1.807, 2.05) is 0 Å². The van der Waals surface area contributed by atoms with Crippen molar-refractivity contribution < 1.29 is 0 Å². The molecule has 0 saturated carbocycles. The molecule has 1 heterocycles. The van der Waals surface area contributed by atoms with Crippen molar-refractivity contribution in [3.05, 3.63) is 5.01 Å². The minimum absolute atomic E-state index is 0.543. The van der Waals surface area contributed by atoms with Gasteiger partial charge in [0.2, 0.25) is 5.13 Å². The van der Waals surface area contributed by atoms with Crippen molar-refractivity contribution in [1.29, 1.82) is 0 Å². The van der Waals surface area contributed by atoms with Crippen LogP contribution >= 0.6 is 11.3 Å². The first-order valence-corrected chi connectivity index (χ1v) is 5.30. The molecule has 0 saturated heterocycles. The van der Waals surface area contributed by atoms with Crippen LogP contribution in [0.5, 0.6) is 0 Å². The maximum Gasteiger partial charge on any atom is 0.203 e. The highest BCUT2D eigenvalue weighted by molar-refractivity contribution is 7.15. The molecular formula is C8H17N5S. The minimum atomic E-state index is 0.543. The van der Waals surface area contributed by atoms with Crippen molar-refractivity contribution in [2.24, 2.45) is 0 Å². The van der Waals surface area contributed by atoms with Gasteiger partial charge in [-0.25, -0.2) is 0 Å². The zero-order chi connectivity index (χ0) is 10.6. The van der Waals surface area contributed by atoms with Crippen molar-refractivity contribution >= 4 is 16.5 Å². The third-order valence-corrected chi connectivity index (χ3v) is 2.55. The molecule has 0 unspecified atom stereocenters. The van der Waals surface area contributed by atoms with Crippen LogP contribution < -0.4 is 5.73 Å². The fourth-order valence-corrected chi connectivity index (χ4v) is 1.70. The molecule has 1 rings (SSSR count). The van der Waals surface area contributed by atoms with E-state index >= 15 is 0 Å². The summed E-state index contributed by atoms with van der Waals surface area (Å²) in [5.74, 6) is 0. The van der Waals surface area contributed by atoms with Gasteiger partial charge in [-0.15, -0.1) is 10.2 Å². The standard InChI is InChI=1S/C8H17N5S/c1-12(2)4-5-13(3)6-7-10-11-8(9)14-7/h4-6H2,1-3H3,(H2,9,11). The van der Waals surface area contributed by atoms with E-state index in [0.29, 0.717) is 5.13 Å². The Labute approximate surface area is 88.5 Å². The zero-order valence-corrected chi connectivity index (χ0v) is 9.71. The van der Waals surface area contributed by atoms with E-state index < -0.39 is 0 Å². The maximum atomic E-state index is 5.49. The third kappa shape index (κ3) is 3.99. The quantitative estimate of drug-likeness (QED) is 0.755. The van der Waals surface area contributed by atoms with Gasteiger partial charge in [0, 0.05) is 13.1 Å². The number of likely N-dealkylation sites (N-methyl/N-ethyl adjacent to an activating group) is 2.